The number of aliphatic hydroxyl groups excluding tert-OH is 2. The van der Waals surface area contributed by atoms with Gasteiger partial charge in [-0.1, -0.05) is 0 Å². The van der Waals surface area contributed by atoms with Crippen molar-refractivity contribution in [1.29, 1.82) is 5.41 Å². The zero-order chi connectivity index (χ0) is 11.3. The van der Waals surface area contributed by atoms with Crippen LogP contribution in [0.25, 0.3) is 0 Å². The third kappa shape index (κ3) is 4.03. The van der Waals surface area contributed by atoms with Crippen LogP contribution in [0, 0.1) is 5.41 Å². The number of nitrogens with two attached hydrogens (primary N) is 2. The molecule has 0 radical (unpaired) electrons. The predicted octanol–water partition coefficient (Wildman–Crippen LogP) is -3.40. The van der Waals surface area contributed by atoms with Crippen LogP contribution >= 0.6 is 0 Å². The molecule has 0 fully saturated rings. The molecule has 0 aromatic rings. The number of carbonyl (C=O) groups is 1. The first kappa shape index (κ1) is 12.6. The summed E-state index contributed by atoms with van der Waals surface area (Å²) in [6.07, 6.45) is -3.01. The first-order valence-corrected chi connectivity index (χ1v) is 3.78. The van der Waals surface area contributed by atoms with E-state index in [0.29, 0.717) is 0 Å². The molecular weight excluding hydrogens is 192 g/mol. The van der Waals surface area contributed by atoms with Gasteiger partial charge in [0, 0.05) is 6.54 Å². The third-order valence-electron chi connectivity index (χ3n) is 1.55. The zero-order valence-corrected chi connectivity index (χ0v) is 7.34. The highest BCUT2D eigenvalue weighted by Gasteiger charge is 2.28. The number of carboxylic acids is 1. The van der Waals surface area contributed by atoms with Crippen LogP contribution in [-0.2, 0) is 4.79 Å². The lowest BCUT2D eigenvalue weighted by Crippen LogP contribution is -2.52. The lowest BCUT2D eigenvalue weighted by atomic mass is 10.1. The molecule has 8 heteroatoms. The summed E-state index contributed by atoms with van der Waals surface area (Å²) < 4.78 is 0. The second-order valence-corrected chi connectivity index (χ2v) is 2.72. The number of rotatable bonds is 5. The smallest absolute Gasteiger partial charge is 0.323 e. The lowest BCUT2D eigenvalue weighted by molar-refractivity contribution is -0.143. The molecule has 82 valence electrons. The predicted molar refractivity (Wildman–Crippen MR) is 47.5 cm³/mol. The van der Waals surface area contributed by atoms with E-state index in [4.69, 9.17) is 27.1 Å². The van der Waals surface area contributed by atoms with Crippen molar-refractivity contribution >= 4 is 11.9 Å². The van der Waals surface area contributed by atoms with E-state index in [1.807, 2.05) is 0 Å². The average molecular weight is 206 g/mol. The van der Waals surface area contributed by atoms with Gasteiger partial charge in [0.05, 0.1) is 6.10 Å². The molecule has 0 saturated heterocycles. The molecule has 0 aliphatic rings. The van der Waals surface area contributed by atoms with E-state index in [2.05, 4.69) is 5.32 Å². The molecule has 0 aliphatic heterocycles. The summed E-state index contributed by atoms with van der Waals surface area (Å²) in [5.74, 6) is -1.81. The van der Waals surface area contributed by atoms with Crippen molar-refractivity contribution in [2.24, 2.45) is 11.5 Å². The molecule has 0 rings (SSSR count). The maximum absolute atomic E-state index is 10.3. The standard InChI is InChI=1S/C6H14N4O4/c7-3(5(13)14)4(12)2(11)1-10-6(8)9/h2-4,11-12H,1,7H2,(H,13,14)(H4,8,9,10)/t2?,3-,4?/m0/s1. The highest BCUT2D eigenvalue weighted by Crippen LogP contribution is 1.97. The molecule has 0 spiro atoms. The molecular formula is C6H14N4O4. The number of aliphatic hydroxyl groups is 2. The molecule has 0 bridgehead atoms. The zero-order valence-electron chi connectivity index (χ0n) is 7.34. The van der Waals surface area contributed by atoms with Crippen molar-refractivity contribution in [1.82, 2.24) is 5.32 Å². The van der Waals surface area contributed by atoms with Gasteiger partial charge in [0.25, 0.3) is 0 Å². The molecule has 0 amide bonds. The van der Waals surface area contributed by atoms with Gasteiger partial charge in [0.1, 0.15) is 12.1 Å². The van der Waals surface area contributed by atoms with Crippen LogP contribution in [0.15, 0.2) is 0 Å². The molecule has 0 heterocycles. The van der Waals surface area contributed by atoms with E-state index < -0.39 is 24.2 Å². The molecule has 0 saturated carbocycles. The van der Waals surface area contributed by atoms with Gasteiger partial charge in [0.15, 0.2) is 5.96 Å². The van der Waals surface area contributed by atoms with E-state index in [9.17, 15) is 9.90 Å². The largest absolute Gasteiger partial charge is 0.480 e. The van der Waals surface area contributed by atoms with Crippen LogP contribution in [0.5, 0.6) is 0 Å². The van der Waals surface area contributed by atoms with Crippen molar-refractivity contribution in [3.05, 3.63) is 0 Å². The summed E-state index contributed by atoms with van der Waals surface area (Å²) in [5, 5.41) is 35.7. The minimum absolute atomic E-state index is 0.239. The maximum Gasteiger partial charge on any atom is 0.323 e. The Morgan fingerprint density at radius 3 is 2.36 bits per heavy atom. The minimum Gasteiger partial charge on any atom is -0.480 e. The van der Waals surface area contributed by atoms with Gasteiger partial charge >= 0.3 is 5.97 Å². The monoisotopic (exact) mass is 206 g/mol. The quantitative estimate of drug-likeness (QED) is 0.182. The fourth-order valence-electron chi connectivity index (χ4n) is 0.721. The van der Waals surface area contributed by atoms with Crippen LogP contribution < -0.4 is 16.8 Å². The Kier molecular flexibility index (Phi) is 4.84. The Labute approximate surface area is 80.0 Å². The summed E-state index contributed by atoms with van der Waals surface area (Å²) in [6.45, 7) is -0.239. The van der Waals surface area contributed by atoms with Crippen LogP contribution in [0.1, 0.15) is 0 Å². The molecule has 8 nitrogen and oxygen atoms in total. The van der Waals surface area contributed by atoms with Crippen LogP contribution in [0.4, 0.5) is 0 Å². The van der Waals surface area contributed by atoms with Crippen molar-refractivity contribution in [2.45, 2.75) is 18.2 Å². The highest BCUT2D eigenvalue weighted by atomic mass is 16.4. The van der Waals surface area contributed by atoms with E-state index in [1.54, 1.807) is 0 Å². The Balaban J connectivity index is 4.04. The summed E-state index contributed by atoms with van der Waals surface area (Å²) in [5.41, 5.74) is 9.95. The van der Waals surface area contributed by atoms with Gasteiger partial charge in [-0.2, -0.15) is 0 Å². The van der Waals surface area contributed by atoms with Gasteiger partial charge in [-0.05, 0) is 0 Å². The van der Waals surface area contributed by atoms with Crippen LogP contribution in [0.3, 0.4) is 0 Å². The SMILES string of the molecule is N=C(N)NCC(O)C(O)[C@H](N)C(=O)O. The fourth-order valence-corrected chi connectivity index (χ4v) is 0.721. The normalized spacial score (nSPS) is 16.8. The summed E-state index contributed by atoms with van der Waals surface area (Å²) >= 11 is 0. The number of hydrogen-bond donors (Lipinski definition) is 7. The Hall–Kier alpha value is -1.38. The van der Waals surface area contributed by atoms with E-state index >= 15 is 0 Å². The number of carboxylic acid groups (broad SMARTS) is 1. The number of nitrogens with one attached hydrogen (secondary N) is 2. The Bertz CT molecular complexity index is 222. The van der Waals surface area contributed by atoms with E-state index in [0.717, 1.165) is 0 Å². The van der Waals surface area contributed by atoms with Gasteiger partial charge in [-0.25, -0.2) is 0 Å². The van der Waals surface area contributed by atoms with E-state index in [1.165, 1.54) is 0 Å². The summed E-state index contributed by atoms with van der Waals surface area (Å²) in [6, 6.07) is -1.57. The second-order valence-electron chi connectivity index (χ2n) is 2.72. The summed E-state index contributed by atoms with van der Waals surface area (Å²) in [4.78, 5) is 10.3. The van der Waals surface area contributed by atoms with Gasteiger partial charge in [-0.15, -0.1) is 0 Å². The van der Waals surface area contributed by atoms with E-state index in [-0.39, 0.29) is 12.5 Å². The Morgan fingerprint density at radius 2 is 2.00 bits per heavy atom. The topological polar surface area (TPSA) is 166 Å². The number of aliphatic carboxylic acids is 1. The van der Waals surface area contributed by atoms with Crippen LogP contribution in [-0.4, -0.2) is 52.0 Å². The first-order chi connectivity index (χ1) is 6.36. The molecule has 14 heavy (non-hydrogen) atoms. The van der Waals surface area contributed by atoms with Gasteiger partial charge in [0.2, 0.25) is 0 Å². The first-order valence-electron chi connectivity index (χ1n) is 3.78. The molecule has 9 N–H and O–H groups in total. The molecule has 2 unspecified atom stereocenters. The third-order valence-corrected chi connectivity index (χ3v) is 1.55. The summed E-state index contributed by atoms with van der Waals surface area (Å²) in [7, 11) is 0. The Morgan fingerprint density at radius 1 is 1.50 bits per heavy atom. The van der Waals surface area contributed by atoms with Crippen molar-refractivity contribution in [2.75, 3.05) is 6.54 Å². The molecule has 0 aromatic heterocycles. The van der Waals surface area contributed by atoms with Crippen molar-refractivity contribution in [3.63, 3.8) is 0 Å². The fraction of sp³-hybridized carbons (Fsp3) is 0.667. The van der Waals surface area contributed by atoms with Crippen molar-refractivity contribution < 1.29 is 20.1 Å². The molecule has 0 aliphatic carbocycles. The van der Waals surface area contributed by atoms with Crippen molar-refractivity contribution in [3.8, 4) is 0 Å². The van der Waals surface area contributed by atoms with Gasteiger partial charge < -0.3 is 32.1 Å². The number of guanidine groups is 1. The highest BCUT2D eigenvalue weighted by molar-refractivity contribution is 5.75. The molecule has 0 aromatic carbocycles. The molecule has 3 atom stereocenters. The maximum atomic E-state index is 10.3. The van der Waals surface area contributed by atoms with Crippen LogP contribution in [0.2, 0.25) is 0 Å². The minimum atomic E-state index is -1.61. The van der Waals surface area contributed by atoms with Gasteiger partial charge in [-0.3, -0.25) is 10.2 Å². The second kappa shape index (κ2) is 5.37. The number of hydrogen-bond acceptors (Lipinski definition) is 5. The lowest BCUT2D eigenvalue weighted by Gasteiger charge is -2.21. The average Bonchev–Trinajstić information content (AvgIpc) is 2.11.